The summed E-state index contributed by atoms with van der Waals surface area (Å²) in [6.07, 6.45) is 4.30. The molecule has 2 unspecified atom stereocenters. The number of Topliss-reactive ketones (excluding diaryl/α,β-unsaturated/α-hetero) is 1. The number of carbonyl (C=O) groups excluding carboxylic acids is 2. The minimum absolute atomic E-state index is 0. The molecular formula is C19H17BaNO2S. The van der Waals surface area contributed by atoms with E-state index in [0.29, 0.717) is 12.0 Å². The summed E-state index contributed by atoms with van der Waals surface area (Å²) < 4.78 is 0. The van der Waals surface area contributed by atoms with E-state index in [9.17, 15) is 9.59 Å². The Morgan fingerprint density at radius 2 is 1.75 bits per heavy atom. The van der Waals surface area contributed by atoms with E-state index in [1.807, 2.05) is 73.5 Å². The summed E-state index contributed by atoms with van der Waals surface area (Å²) in [6.45, 7) is 0. The fourth-order valence-electron chi connectivity index (χ4n) is 2.68. The van der Waals surface area contributed by atoms with E-state index in [2.05, 4.69) is 0 Å². The topological polar surface area (TPSA) is 37.4 Å². The summed E-state index contributed by atoms with van der Waals surface area (Å²) in [7, 11) is 0. The maximum atomic E-state index is 12.2. The third kappa shape index (κ3) is 4.78. The molecule has 2 atom stereocenters. The summed E-state index contributed by atoms with van der Waals surface area (Å²) in [6, 6.07) is 19.1. The molecular weight excluding hydrogens is 444 g/mol. The molecule has 1 aliphatic rings. The molecule has 5 heteroatoms. The van der Waals surface area contributed by atoms with Crippen molar-refractivity contribution in [3.05, 3.63) is 78.2 Å². The van der Waals surface area contributed by atoms with Crippen LogP contribution in [0, 0.1) is 6.42 Å². The summed E-state index contributed by atoms with van der Waals surface area (Å²) in [5, 5.41) is -0.0261. The molecule has 0 saturated carbocycles. The van der Waals surface area contributed by atoms with Crippen molar-refractivity contribution in [2.75, 3.05) is 5.75 Å². The number of nitrogens with zero attached hydrogens (tertiary/aromatic N) is 1. The van der Waals surface area contributed by atoms with E-state index in [-0.39, 0.29) is 66.1 Å². The van der Waals surface area contributed by atoms with Gasteiger partial charge >= 0.3 is 48.9 Å². The first-order chi connectivity index (χ1) is 11.3. The quantitative estimate of drug-likeness (QED) is 0.377. The molecule has 0 radical (unpaired) electrons. The largest absolute Gasteiger partial charge is 2.00 e. The molecule has 0 aliphatic carbocycles. The van der Waals surface area contributed by atoms with E-state index >= 15 is 0 Å². The Labute approximate surface area is 187 Å². The van der Waals surface area contributed by atoms with Crippen molar-refractivity contribution in [2.45, 2.75) is 17.8 Å². The van der Waals surface area contributed by atoms with Crippen LogP contribution in [0.25, 0.3) is 0 Å². The van der Waals surface area contributed by atoms with Crippen LogP contribution in [0.5, 0.6) is 0 Å². The molecule has 1 aliphatic heterocycles. The molecule has 3 rings (SSSR count). The van der Waals surface area contributed by atoms with Crippen LogP contribution in [0.2, 0.25) is 0 Å². The fraction of sp³-hybridized carbons (Fsp3) is 0.211. The molecule has 118 valence electrons. The second-order valence-corrected chi connectivity index (χ2v) is 6.50. The average molecular weight is 461 g/mol. The number of carbonyl (C=O) groups is 1. The first-order valence-corrected chi connectivity index (χ1v) is 8.58. The van der Waals surface area contributed by atoms with Gasteiger partial charge in [-0.2, -0.15) is 6.41 Å². The minimum atomic E-state index is -0.0598. The maximum Gasteiger partial charge on any atom is 2.00 e. The van der Waals surface area contributed by atoms with Gasteiger partial charge in [-0.15, -0.1) is 24.2 Å². The van der Waals surface area contributed by atoms with Gasteiger partial charge in [-0.1, -0.05) is 60.7 Å². The van der Waals surface area contributed by atoms with Crippen LogP contribution in [-0.4, -0.2) is 77.8 Å². The molecule has 0 aromatic heterocycles. The van der Waals surface area contributed by atoms with Gasteiger partial charge in [0.05, 0.1) is 5.37 Å². The summed E-state index contributed by atoms with van der Waals surface area (Å²) in [5.74, 6) is 0.862. The van der Waals surface area contributed by atoms with E-state index in [0.717, 1.165) is 11.3 Å². The monoisotopic (exact) mass is 461 g/mol. The smallest absolute Gasteiger partial charge is 0.524 e. The zero-order valence-corrected chi connectivity index (χ0v) is 18.6. The van der Waals surface area contributed by atoms with Crippen molar-refractivity contribution >= 4 is 72.8 Å². The molecule has 24 heavy (non-hydrogen) atoms. The van der Waals surface area contributed by atoms with Gasteiger partial charge in [-0.3, -0.25) is 4.79 Å². The molecule has 1 amide bonds. The molecule has 1 saturated heterocycles. The van der Waals surface area contributed by atoms with Crippen molar-refractivity contribution in [1.82, 2.24) is 4.90 Å². The van der Waals surface area contributed by atoms with Crippen molar-refractivity contribution in [2.24, 2.45) is 0 Å². The van der Waals surface area contributed by atoms with E-state index in [4.69, 9.17) is 0 Å². The first kappa shape index (κ1) is 19.8. The van der Waals surface area contributed by atoms with Gasteiger partial charge in [-0.05, 0) is 11.3 Å². The standard InChI is InChI=1S/C19H17NO2S.Ba/c21-14-20-17(11-12-18(22)15-7-3-1-4-8-15)13-23-19(20)16-9-5-2-6-10-16;/h1-11,17,19H,12-13H2;/q-2;+2. The predicted octanol–water partition coefficient (Wildman–Crippen LogP) is 3.27. The summed E-state index contributed by atoms with van der Waals surface area (Å²) in [4.78, 5) is 25.3. The molecule has 0 bridgehead atoms. The molecule has 2 aromatic rings. The van der Waals surface area contributed by atoms with Crippen LogP contribution in [-0.2, 0) is 4.79 Å². The zero-order valence-electron chi connectivity index (χ0n) is 13.3. The average Bonchev–Trinajstić information content (AvgIpc) is 3.04. The van der Waals surface area contributed by atoms with Crippen molar-refractivity contribution in [1.29, 1.82) is 0 Å². The van der Waals surface area contributed by atoms with Crippen molar-refractivity contribution in [3.8, 4) is 0 Å². The van der Waals surface area contributed by atoms with Crippen LogP contribution in [0.15, 0.2) is 60.7 Å². The summed E-state index contributed by atoms with van der Waals surface area (Å²) >= 11 is 1.70. The Balaban J connectivity index is 0.00000208. The third-order valence-corrected chi connectivity index (χ3v) is 5.25. The Morgan fingerprint density at radius 3 is 2.38 bits per heavy atom. The molecule has 0 N–H and O–H groups in total. The van der Waals surface area contributed by atoms with Crippen LogP contribution in [0.4, 0.5) is 0 Å². The van der Waals surface area contributed by atoms with Gasteiger partial charge < -0.3 is 16.1 Å². The van der Waals surface area contributed by atoms with Crippen molar-refractivity contribution in [3.63, 3.8) is 0 Å². The Morgan fingerprint density at radius 1 is 1.12 bits per heavy atom. The number of hydrogen-bond donors (Lipinski definition) is 0. The van der Waals surface area contributed by atoms with Gasteiger partial charge in [0.25, 0.3) is 0 Å². The molecule has 0 spiro atoms. The maximum absolute atomic E-state index is 12.2. The number of hydrogen-bond acceptors (Lipinski definition) is 3. The summed E-state index contributed by atoms with van der Waals surface area (Å²) in [5.41, 5.74) is 1.79. The van der Waals surface area contributed by atoms with Crippen LogP contribution < -0.4 is 0 Å². The van der Waals surface area contributed by atoms with Gasteiger partial charge in [-0.25, -0.2) is 0 Å². The minimum Gasteiger partial charge on any atom is -0.524 e. The van der Waals surface area contributed by atoms with Gasteiger partial charge in [0.15, 0.2) is 0 Å². The van der Waals surface area contributed by atoms with Crippen molar-refractivity contribution < 1.29 is 9.59 Å². The number of amides is 1. The normalized spacial score (nSPS) is 19.6. The fourth-order valence-corrected chi connectivity index (χ4v) is 4.07. The number of rotatable bonds is 6. The number of thioether (sulfide) groups is 1. The van der Waals surface area contributed by atoms with E-state index in [1.165, 1.54) is 0 Å². The zero-order chi connectivity index (χ0) is 16.1. The SMILES string of the molecule is O=[C-]N1C([CH-]CC(=O)c2ccccc2)CSC1c1ccccc1.[Ba+2]. The Kier molecular flexibility index (Phi) is 8.13. The van der Waals surface area contributed by atoms with Crippen LogP contribution >= 0.6 is 11.8 Å². The molecule has 3 nitrogen and oxygen atoms in total. The molecule has 1 fully saturated rings. The van der Waals surface area contributed by atoms with Gasteiger partial charge in [0.2, 0.25) is 0 Å². The number of ketones is 1. The Bertz CT molecular complexity index is 666. The van der Waals surface area contributed by atoms with E-state index in [1.54, 1.807) is 16.7 Å². The Hall–Kier alpha value is -0.499. The van der Waals surface area contributed by atoms with Crippen LogP contribution in [0.1, 0.15) is 27.7 Å². The van der Waals surface area contributed by atoms with E-state index < -0.39 is 0 Å². The van der Waals surface area contributed by atoms with Gasteiger partial charge in [0.1, 0.15) is 5.78 Å². The van der Waals surface area contributed by atoms with Crippen LogP contribution in [0.3, 0.4) is 0 Å². The molecule has 2 aromatic carbocycles. The molecule has 1 heterocycles. The first-order valence-electron chi connectivity index (χ1n) is 7.54. The number of benzene rings is 2. The van der Waals surface area contributed by atoms with Gasteiger partial charge in [0, 0.05) is 5.56 Å². The second kappa shape index (κ2) is 9.85. The predicted molar refractivity (Wildman–Crippen MR) is 98.4 cm³/mol. The third-order valence-electron chi connectivity index (χ3n) is 3.90. The second-order valence-electron chi connectivity index (χ2n) is 5.39.